The fourth-order valence-electron chi connectivity index (χ4n) is 1.98. The zero-order valence-corrected chi connectivity index (χ0v) is 12.1. The third kappa shape index (κ3) is 3.30. The number of likely N-dealkylation sites (N-methyl/N-ethyl adjacent to an activating group) is 1. The molecule has 6 heteroatoms. The normalized spacial score (nSPS) is 12.9. The van der Waals surface area contributed by atoms with Gasteiger partial charge in [0.25, 0.3) is 0 Å². The lowest BCUT2D eigenvalue weighted by atomic mass is 10.1. The van der Waals surface area contributed by atoms with E-state index >= 15 is 0 Å². The van der Waals surface area contributed by atoms with E-state index in [4.69, 9.17) is 11.6 Å². The number of nitrogens with zero attached hydrogens (tertiary/aromatic N) is 4. The highest BCUT2D eigenvalue weighted by molar-refractivity contribution is 6.30. The molecular formula is C13H18ClN5. The smallest absolute Gasteiger partial charge is 0.138 e. The zero-order chi connectivity index (χ0) is 13.8. The Labute approximate surface area is 118 Å². The van der Waals surface area contributed by atoms with Crippen molar-refractivity contribution in [2.45, 2.75) is 32.4 Å². The Hall–Kier alpha value is -1.46. The number of halogens is 1. The molecule has 0 bridgehead atoms. The second-order valence-corrected chi connectivity index (χ2v) is 5.10. The minimum atomic E-state index is 0.0963. The van der Waals surface area contributed by atoms with Gasteiger partial charge in [-0.3, -0.25) is 4.98 Å². The number of hydrogen-bond donors (Lipinski definition) is 1. The Morgan fingerprint density at radius 3 is 2.68 bits per heavy atom. The summed E-state index contributed by atoms with van der Waals surface area (Å²) >= 11 is 5.86. The SMILES string of the molecule is CNC(Cc1ncnn1C(C)C)c1ccc(Cl)cn1. The van der Waals surface area contributed by atoms with Crippen molar-refractivity contribution >= 4 is 11.6 Å². The molecule has 2 aromatic rings. The van der Waals surface area contributed by atoms with E-state index in [0.29, 0.717) is 11.1 Å². The van der Waals surface area contributed by atoms with Gasteiger partial charge in [0.2, 0.25) is 0 Å². The second-order valence-electron chi connectivity index (χ2n) is 4.66. The summed E-state index contributed by atoms with van der Waals surface area (Å²) < 4.78 is 1.93. The number of nitrogens with one attached hydrogen (secondary N) is 1. The largest absolute Gasteiger partial charge is 0.311 e. The van der Waals surface area contributed by atoms with Gasteiger partial charge in [0, 0.05) is 18.7 Å². The molecule has 1 atom stereocenters. The Bertz CT molecular complexity index is 520. The predicted octanol–water partition coefficient (Wildman–Crippen LogP) is 2.41. The number of hydrogen-bond acceptors (Lipinski definition) is 4. The molecule has 0 aliphatic rings. The van der Waals surface area contributed by atoms with Crippen LogP contribution in [0.25, 0.3) is 0 Å². The van der Waals surface area contributed by atoms with Gasteiger partial charge < -0.3 is 5.32 Å². The zero-order valence-electron chi connectivity index (χ0n) is 11.3. The summed E-state index contributed by atoms with van der Waals surface area (Å²) in [5.74, 6) is 0.950. The summed E-state index contributed by atoms with van der Waals surface area (Å²) in [7, 11) is 1.91. The van der Waals surface area contributed by atoms with Crippen LogP contribution in [0, 0.1) is 0 Å². The molecule has 0 spiro atoms. The third-order valence-electron chi connectivity index (χ3n) is 2.98. The molecule has 0 saturated carbocycles. The first-order valence-electron chi connectivity index (χ1n) is 6.29. The van der Waals surface area contributed by atoms with Crippen LogP contribution in [0.1, 0.15) is 37.4 Å². The first-order chi connectivity index (χ1) is 9.11. The summed E-state index contributed by atoms with van der Waals surface area (Å²) in [6.45, 7) is 4.18. The van der Waals surface area contributed by atoms with E-state index in [1.165, 1.54) is 0 Å². The van der Waals surface area contributed by atoms with Crippen molar-refractivity contribution < 1.29 is 0 Å². The lowest BCUT2D eigenvalue weighted by Gasteiger charge is -2.17. The molecule has 1 N–H and O–H groups in total. The molecule has 0 aromatic carbocycles. The molecule has 0 saturated heterocycles. The van der Waals surface area contributed by atoms with E-state index in [1.807, 2.05) is 23.9 Å². The van der Waals surface area contributed by atoms with Crippen molar-refractivity contribution in [3.63, 3.8) is 0 Å². The van der Waals surface area contributed by atoms with Gasteiger partial charge in [-0.15, -0.1) is 0 Å². The van der Waals surface area contributed by atoms with Crippen LogP contribution in [0.3, 0.4) is 0 Å². The average molecular weight is 280 g/mol. The van der Waals surface area contributed by atoms with Crippen molar-refractivity contribution in [1.29, 1.82) is 0 Å². The molecule has 0 aliphatic carbocycles. The van der Waals surface area contributed by atoms with Gasteiger partial charge in [-0.1, -0.05) is 11.6 Å². The highest BCUT2D eigenvalue weighted by Gasteiger charge is 2.16. The molecule has 0 amide bonds. The molecule has 0 aliphatic heterocycles. The van der Waals surface area contributed by atoms with Crippen molar-refractivity contribution in [2.75, 3.05) is 7.05 Å². The lowest BCUT2D eigenvalue weighted by molar-refractivity contribution is 0.474. The van der Waals surface area contributed by atoms with Crippen LogP contribution in [-0.2, 0) is 6.42 Å². The van der Waals surface area contributed by atoms with Crippen LogP contribution in [-0.4, -0.2) is 26.8 Å². The maximum Gasteiger partial charge on any atom is 0.138 e. The summed E-state index contributed by atoms with van der Waals surface area (Å²) in [5.41, 5.74) is 0.949. The predicted molar refractivity (Wildman–Crippen MR) is 75.2 cm³/mol. The Morgan fingerprint density at radius 1 is 1.32 bits per heavy atom. The molecule has 2 rings (SSSR count). The molecule has 2 aromatic heterocycles. The van der Waals surface area contributed by atoms with E-state index in [9.17, 15) is 0 Å². The van der Waals surface area contributed by atoms with E-state index in [2.05, 4.69) is 34.2 Å². The second kappa shape index (κ2) is 6.12. The van der Waals surface area contributed by atoms with Crippen molar-refractivity contribution in [2.24, 2.45) is 0 Å². The van der Waals surface area contributed by atoms with E-state index in [-0.39, 0.29) is 6.04 Å². The molecule has 0 radical (unpaired) electrons. The fourth-order valence-corrected chi connectivity index (χ4v) is 2.09. The number of pyridine rings is 1. The molecule has 2 heterocycles. The summed E-state index contributed by atoms with van der Waals surface area (Å²) in [4.78, 5) is 8.68. The first kappa shape index (κ1) is 14.0. The van der Waals surface area contributed by atoms with Gasteiger partial charge in [-0.2, -0.15) is 5.10 Å². The van der Waals surface area contributed by atoms with Crippen LogP contribution in [0.5, 0.6) is 0 Å². The molecule has 0 fully saturated rings. The monoisotopic (exact) mass is 279 g/mol. The average Bonchev–Trinajstić information content (AvgIpc) is 2.85. The van der Waals surface area contributed by atoms with Crippen molar-refractivity contribution in [1.82, 2.24) is 25.1 Å². The topological polar surface area (TPSA) is 55.6 Å². The summed E-state index contributed by atoms with van der Waals surface area (Å²) in [6, 6.07) is 4.17. The van der Waals surface area contributed by atoms with Crippen LogP contribution in [0.4, 0.5) is 0 Å². The van der Waals surface area contributed by atoms with Crippen LogP contribution in [0.15, 0.2) is 24.7 Å². The standard InChI is InChI=1S/C13H18ClN5/c1-9(2)19-13(17-8-18-19)6-12(15-3)11-5-4-10(14)7-16-11/h4-5,7-9,12,15H,6H2,1-3H3. The van der Waals surface area contributed by atoms with E-state index in [1.54, 1.807) is 12.5 Å². The van der Waals surface area contributed by atoms with Gasteiger partial charge in [-0.25, -0.2) is 9.67 Å². The minimum Gasteiger partial charge on any atom is -0.311 e. The minimum absolute atomic E-state index is 0.0963. The Morgan fingerprint density at radius 2 is 2.11 bits per heavy atom. The highest BCUT2D eigenvalue weighted by atomic mass is 35.5. The third-order valence-corrected chi connectivity index (χ3v) is 3.20. The summed E-state index contributed by atoms with van der Waals surface area (Å²) in [5, 5.41) is 8.15. The van der Waals surface area contributed by atoms with Crippen molar-refractivity contribution in [3.05, 3.63) is 41.2 Å². The van der Waals surface area contributed by atoms with E-state index < -0.39 is 0 Å². The van der Waals surface area contributed by atoms with Gasteiger partial charge in [0.15, 0.2) is 0 Å². The van der Waals surface area contributed by atoms with Gasteiger partial charge in [-0.05, 0) is 33.0 Å². The molecule has 5 nitrogen and oxygen atoms in total. The number of rotatable bonds is 5. The molecule has 1 unspecified atom stereocenters. The summed E-state index contributed by atoms with van der Waals surface area (Å²) in [6.07, 6.45) is 4.00. The van der Waals surface area contributed by atoms with Crippen LogP contribution in [0.2, 0.25) is 5.02 Å². The maximum absolute atomic E-state index is 5.86. The number of aromatic nitrogens is 4. The molecule has 102 valence electrons. The van der Waals surface area contributed by atoms with Gasteiger partial charge >= 0.3 is 0 Å². The first-order valence-corrected chi connectivity index (χ1v) is 6.66. The Kier molecular flexibility index (Phi) is 4.50. The van der Waals surface area contributed by atoms with Gasteiger partial charge in [0.05, 0.1) is 16.8 Å². The lowest BCUT2D eigenvalue weighted by Crippen LogP contribution is -2.22. The van der Waals surface area contributed by atoms with E-state index in [0.717, 1.165) is 17.9 Å². The van der Waals surface area contributed by atoms with Crippen molar-refractivity contribution in [3.8, 4) is 0 Å². The van der Waals surface area contributed by atoms with Crippen LogP contribution < -0.4 is 5.32 Å². The highest BCUT2D eigenvalue weighted by Crippen LogP contribution is 2.18. The molecule has 19 heavy (non-hydrogen) atoms. The Balaban J connectivity index is 2.19. The molecular weight excluding hydrogens is 262 g/mol. The maximum atomic E-state index is 5.86. The quantitative estimate of drug-likeness (QED) is 0.913. The fraction of sp³-hybridized carbons (Fsp3) is 0.462. The van der Waals surface area contributed by atoms with Crippen LogP contribution >= 0.6 is 11.6 Å². The van der Waals surface area contributed by atoms with Gasteiger partial charge in [0.1, 0.15) is 12.2 Å².